The highest BCUT2D eigenvalue weighted by atomic mass is 32.2. The molecule has 6 heteroatoms. The van der Waals surface area contributed by atoms with Gasteiger partial charge in [0.2, 0.25) is 0 Å². The molecule has 2 aromatic carbocycles. The predicted octanol–water partition coefficient (Wildman–Crippen LogP) is 3.47. The van der Waals surface area contributed by atoms with Crippen molar-refractivity contribution in [2.24, 2.45) is 0 Å². The Hall–Kier alpha value is -2.47. The van der Waals surface area contributed by atoms with E-state index in [4.69, 9.17) is 0 Å². The van der Waals surface area contributed by atoms with Gasteiger partial charge >= 0.3 is 6.03 Å². The number of aryl methyl sites for hydroxylation is 1. The van der Waals surface area contributed by atoms with E-state index in [0.29, 0.717) is 19.6 Å². The second-order valence-electron chi connectivity index (χ2n) is 6.86. The number of likely N-dealkylation sites (N-methyl/N-ethyl adjacent to an activating group) is 1. The Morgan fingerprint density at radius 3 is 2.81 bits per heavy atom. The van der Waals surface area contributed by atoms with Gasteiger partial charge < -0.3 is 10.2 Å². The minimum absolute atomic E-state index is 0.0144. The smallest absolute Gasteiger partial charge is 0.319 e. The second kappa shape index (κ2) is 6.93. The molecule has 27 heavy (non-hydrogen) atoms. The summed E-state index contributed by atoms with van der Waals surface area (Å²) in [5.41, 5.74) is 4.05. The van der Waals surface area contributed by atoms with E-state index in [1.54, 1.807) is 21.6 Å². The number of fused-ring (bicyclic) bond motifs is 2. The summed E-state index contributed by atoms with van der Waals surface area (Å²) in [6.45, 7) is 5.60. The molecule has 1 N–H and O–H groups in total. The maximum absolute atomic E-state index is 13.3. The average molecular weight is 382 g/mol. The molecule has 140 valence electrons. The Morgan fingerprint density at radius 2 is 2.04 bits per heavy atom. The summed E-state index contributed by atoms with van der Waals surface area (Å²) >= 11 is 1.56. The van der Waals surface area contributed by atoms with Gasteiger partial charge in [-0.2, -0.15) is 0 Å². The number of carbonyl (C=O) groups excluding carboxylic acids is 2. The highest BCUT2D eigenvalue weighted by Gasteiger charge is 2.59. The molecule has 2 heterocycles. The van der Waals surface area contributed by atoms with E-state index >= 15 is 0 Å². The Balaban J connectivity index is 1.62. The van der Waals surface area contributed by atoms with Crippen LogP contribution in [0, 0.1) is 6.92 Å². The van der Waals surface area contributed by atoms with Crippen molar-refractivity contribution in [1.29, 1.82) is 0 Å². The standard InChI is InChI=1S/C21H23N3O2S/c1-3-23-18-10-5-4-9-17(18)21(19(23)25)24(11-12-27-21)20(26)22-14-16-8-6-7-15(2)13-16/h4-10,13H,3,11-12,14H2,1-2H3,(H,22,26)/t21-/m0/s1. The molecule has 0 unspecified atom stereocenters. The Bertz CT molecular complexity index is 901. The van der Waals surface area contributed by atoms with Crippen molar-refractivity contribution in [2.75, 3.05) is 23.7 Å². The topological polar surface area (TPSA) is 52.7 Å². The van der Waals surface area contributed by atoms with E-state index in [2.05, 4.69) is 11.4 Å². The zero-order chi connectivity index (χ0) is 19.0. The average Bonchev–Trinajstić information content (AvgIpc) is 3.22. The van der Waals surface area contributed by atoms with Crippen molar-refractivity contribution < 1.29 is 9.59 Å². The Labute approximate surface area is 163 Å². The predicted molar refractivity (Wildman–Crippen MR) is 109 cm³/mol. The van der Waals surface area contributed by atoms with E-state index in [1.165, 1.54) is 0 Å². The summed E-state index contributed by atoms with van der Waals surface area (Å²) in [7, 11) is 0. The van der Waals surface area contributed by atoms with Crippen LogP contribution in [0.2, 0.25) is 0 Å². The number of urea groups is 1. The lowest BCUT2D eigenvalue weighted by Crippen LogP contribution is -2.53. The van der Waals surface area contributed by atoms with Gasteiger partial charge in [0.05, 0.1) is 5.69 Å². The lowest BCUT2D eigenvalue weighted by atomic mass is 10.1. The SMILES string of the molecule is CCN1C(=O)[C@@]2(SCCN2C(=O)NCc2cccc(C)c2)c2ccccc21. The van der Waals surface area contributed by atoms with E-state index in [9.17, 15) is 9.59 Å². The molecule has 0 aliphatic carbocycles. The minimum Gasteiger partial charge on any atom is -0.334 e. The first-order chi connectivity index (χ1) is 13.1. The summed E-state index contributed by atoms with van der Waals surface area (Å²) in [4.78, 5) is 28.9. The molecule has 0 aromatic heterocycles. The lowest BCUT2D eigenvalue weighted by molar-refractivity contribution is -0.123. The number of benzene rings is 2. The zero-order valence-corrected chi connectivity index (χ0v) is 16.4. The van der Waals surface area contributed by atoms with Crippen molar-refractivity contribution in [3.8, 4) is 0 Å². The van der Waals surface area contributed by atoms with Crippen LogP contribution in [-0.2, 0) is 16.2 Å². The number of amides is 3. The van der Waals surface area contributed by atoms with Crippen molar-refractivity contribution in [3.05, 3.63) is 65.2 Å². The largest absolute Gasteiger partial charge is 0.334 e. The summed E-state index contributed by atoms with van der Waals surface area (Å²) in [5, 5.41) is 3.01. The maximum Gasteiger partial charge on any atom is 0.319 e. The Kier molecular flexibility index (Phi) is 4.60. The molecule has 1 fully saturated rings. The first-order valence-corrected chi connectivity index (χ1v) is 10.2. The summed E-state index contributed by atoms with van der Waals surface area (Å²) in [6.07, 6.45) is 0. The van der Waals surface area contributed by atoms with Gasteiger partial charge in [-0.25, -0.2) is 4.79 Å². The number of para-hydroxylation sites is 1. The van der Waals surface area contributed by atoms with Gasteiger partial charge in [0, 0.05) is 31.0 Å². The molecule has 2 aliphatic heterocycles. The highest BCUT2D eigenvalue weighted by Crippen LogP contribution is 2.53. The van der Waals surface area contributed by atoms with Gasteiger partial charge in [-0.3, -0.25) is 9.69 Å². The number of carbonyl (C=O) groups is 2. The fourth-order valence-electron chi connectivity index (χ4n) is 3.98. The van der Waals surface area contributed by atoms with Crippen molar-refractivity contribution in [1.82, 2.24) is 10.2 Å². The molecule has 0 saturated carbocycles. The molecular formula is C21H23N3O2S. The van der Waals surface area contributed by atoms with Crippen molar-refractivity contribution >= 4 is 29.4 Å². The van der Waals surface area contributed by atoms with E-state index in [1.807, 2.05) is 56.3 Å². The molecule has 5 nitrogen and oxygen atoms in total. The van der Waals surface area contributed by atoms with Crippen LogP contribution in [0.25, 0.3) is 0 Å². The zero-order valence-electron chi connectivity index (χ0n) is 15.6. The van der Waals surface area contributed by atoms with Crippen LogP contribution in [-0.4, -0.2) is 35.7 Å². The lowest BCUT2D eigenvalue weighted by Gasteiger charge is -2.33. The van der Waals surface area contributed by atoms with E-state index < -0.39 is 4.87 Å². The van der Waals surface area contributed by atoms with Gasteiger partial charge in [0.1, 0.15) is 0 Å². The fraction of sp³-hybridized carbons (Fsp3) is 0.333. The van der Waals surface area contributed by atoms with Crippen LogP contribution in [0.15, 0.2) is 48.5 Å². The van der Waals surface area contributed by atoms with Crippen LogP contribution in [0.5, 0.6) is 0 Å². The Morgan fingerprint density at radius 1 is 1.22 bits per heavy atom. The van der Waals surface area contributed by atoms with Crippen molar-refractivity contribution in [2.45, 2.75) is 25.3 Å². The number of nitrogens with one attached hydrogen (secondary N) is 1. The normalized spacial score (nSPS) is 21.0. The van der Waals surface area contributed by atoms with Gasteiger partial charge in [-0.1, -0.05) is 48.0 Å². The third-order valence-electron chi connectivity index (χ3n) is 5.19. The summed E-state index contributed by atoms with van der Waals surface area (Å²) < 4.78 is 0. The van der Waals surface area contributed by atoms with E-state index in [0.717, 1.165) is 28.1 Å². The number of hydrogen-bond acceptors (Lipinski definition) is 3. The second-order valence-corrected chi connectivity index (χ2v) is 8.15. The summed E-state index contributed by atoms with van der Waals surface area (Å²) in [5.74, 6) is 0.731. The molecule has 1 spiro atoms. The van der Waals surface area contributed by atoms with Crippen LogP contribution in [0.4, 0.5) is 10.5 Å². The van der Waals surface area contributed by atoms with E-state index in [-0.39, 0.29) is 11.9 Å². The van der Waals surface area contributed by atoms with Gasteiger partial charge in [0.25, 0.3) is 5.91 Å². The molecule has 4 rings (SSSR count). The fourth-order valence-corrected chi connectivity index (χ4v) is 5.44. The third kappa shape index (κ3) is 2.79. The first-order valence-electron chi connectivity index (χ1n) is 9.24. The number of anilines is 1. The molecule has 1 atom stereocenters. The number of nitrogens with zero attached hydrogens (tertiary/aromatic N) is 2. The molecule has 0 radical (unpaired) electrons. The molecule has 3 amide bonds. The van der Waals surface area contributed by atoms with Gasteiger partial charge in [-0.15, -0.1) is 11.8 Å². The minimum atomic E-state index is -0.941. The van der Waals surface area contributed by atoms with Gasteiger partial charge in [0.15, 0.2) is 4.87 Å². The van der Waals surface area contributed by atoms with Crippen LogP contribution in [0.3, 0.4) is 0 Å². The molecular weight excluding hydrogens is 358 g/mol. The van der Waals surface area contributed by atoms with Crippen molar-refractivity contribution in [3.63, 3.8) is 0 Å². The van der Waals surface area contributed by atoms with Crippen LogP contribution >= 0.6 is 11.8 Å². The molecule has 2 aromatic rings. The highest BCUT2D eigenvalue weighted by molar-refractivity contribution is 8.01. The monoisotopic (exact) mass is 381 g/mol. The number of rotatable bonds is 3. The third-order valence-corrected chi connectivity index (χ3v) is 6.61. The molecule has 1 saturated heterocycles. The first kappa shape index (κ1) is 17.9. The molecule has 0 bridgehead atoms. The number of hydrogen-bond donors (Lipinski definition) is 1. The van der Waals surface area contributed by atoms with Gasteiger partial charge in [-0.05, 0) is 25.5 Å². The van der Waals surface area contributed by atoms with Crippen LogP contribution < -0.4 is 10.2 Å². The van der Waals surface area contributed by atoms with Crippen LogP contribution in [0.1, 0.15) is 23.6 Å². The number of thioether (sulfide) groups is 1. The maximum atomic E-state index is 13.3. The summed E-state index contributed by atoms with van der Waals surface area (Å²) in [6, 6.07) is 15.7. The molecule has 2 aliphatic rings. The quantitative estimate of drug-likeness (QED) is 0.886.